The van der Waals surface area contributed by atoms with Gasteiger partial charge in [0.1, 0.15) is 5.75 Å². The molecule has 4 nitrogen and oxygen atoms in total. The zero-order valence-corrected chi connectivity index (χ0v) is 21.0. The first-order valence-corrected chi connectivity index (χ1v) is 12.4. The largest absolute Gasteiger partial charge is 0.497 e. The lowest BCUT2D eigenvalue weighted by Gasteiger charge is -2.23. The quantitative estimate of drug-likeness (QED) is 0.348. The van der Waals surface area contributed by atoms with E-state index >= 15 is 0 Å². The Kier molecular flexibility index (Phi) is 7.55. The number of benzene rings is 2. The van der Waals surface area contributed by atoms with E-state index in [4.69, 9.17) is 18.9 Å². The van der Waals surface area contributed by atoms with Crippen molar-refractivity contribution >= 4 is 11.3 Å². The highest BCUT2D eigenvalue weighted by atomic mass is 32.1. The second kappa shape index (κ2) is 10.4. The highest BCUT2D eigenvalue weighted by molar-refractivity contribution is 7.12. The lowest BCUT2D eigenvalue weighted by molar-refractivity contribution is -0.146. The van der Waals surface area contributed by atoms with Crippen LogP contribution in [0.5, 0.6) is 5.75 Å². The average molecular weight is 467 g/mol. The predicted molar refractivity (Wildman–Crippen MR) is 133 cm³/mol. The van der Waals surface area contributed by atoms with Gasteiger partial charge in [-0.15, -0.1) is 11.3 Å². The molecular formula is C28H34O4S. The van der Waals surface area contributed by atoms with Crippen LogP contribution in [0.25, 0.3) is 0 Å². The van der Waals surface area contributed by atoms with Crippen molar-refractivity contribution in [3.05, 3.63) is 86.6 Å². The van der Waals surface area contributed by atoms with Gasteiger partial charge in [-0.1, -0.05) is 44.2 Å². The molecule has 0 N–H and O–H groups in total. The first-order valence-electron chi connectivity index (χ1n) is 11.6. The summed E-state index contributed by atoms with van der Waals surface area (Å²) in [5.41, 5.74) is 4.95. The molecule has 1 fully saturated rings. The van der Waals surface area contributed by atoms with Crippen molar-refractivity contribution in [2.75, 3.05) is 20.3 Å². The lowest BCUT2D eigenvalue weighted by Crippen LogP contribution is -2.20. The summed E-state index contributed by atoms with van der Waals surface area (Å²) in [5.74, 6) is 1.03. The van der Waals surface area contributed by atoms with E-state index in [2.05, 4.69) is 51.1 Å². The van der Waals surface area contributed by atoms with Crippen LogP contribution in [-0.4, -0.2) is 20.3 Å². The summed E-state index contributed by atoms with van der Waals surface area (Å²) in [6.07, 6.45) is 0. The van der Waals surface area contributed by atoms with Crippen molar-refractivity contribution in [3.63, 3.8) is 0 Å². The van der Waals surface area contributed by atoms with Crippen molar-refractivity contribution in [1.82, 2.24) is 0 Å². The molecule has 0 amide bonds. The maximum Gasteiger partial charge on any atom is 0.201 e. The van der Waals surface area contributed by atoms with Crippen LogP contribution in [0.15, 0.2) is 54.6 Å². The van der Waals surface area contributed by atoms with E-state index in [0.717, 1.165) is 16.2 Å². The van der Waals surface area contributed by atoms with E-state index in [-0.39, 0.29) is 0 Å². The molecule has 0 radical (unpaired) electrons. The van der Waals surface area contributed by atoms with Gasteiger partial charge in [0, 0.05) is 10.8 Å². The average Bonchev–Trinajstić information content (AvgIpc) is 3.47. The van der Waals surface area contributed by atoms with Gasteiger partial charge >= 0.3 is 0 Å². The maximum atomic E-state index is 6.07. The summed E-state index contributed by atoms with van der Waals surface area (Å²) >= 11 is 1.80. The molecule has 1 atom stereocenters. The number of thiophene rings is 1. The number of hydrogen-bond acceptors (Lipinski definition) is 5. The van der Waals surface area contributed by atoms with Gasteiger partial charge in [0.15, 0.2) is 0 Å². The number of rotatable bonds is 9. The van der Waals surface area contributed by atoms with Crippen molar-refractivity contribution in [3.8, 4) is 5.75 Å². The molecule has 1 aliphatic rings. The van der Waals surface area contributed by atoms with Gasteiger partial charge in [-0.3, -0.25) is 0 Å². The molecule has 1 aliphatic heterocycles. The highest BCUT2D eigenvalue weighted by Gasteiger charge is 2.35. The van der Waals surface area contributed by atoms with E-state index < -0.39 is 5.79 Å². The molecular weight excluding hydrogens is 432 g/mol. The van der Waals surface area contributed by atoms with Gasteiger partial charge in [-0.2, -0.15) is 0 Å². The van der Waals surface area contributed by atoms with Gasteiger partial charge in [0.25, 0.3) is 0 Å². The summed E-state index contributed by atoms with van der Waals surface area (Å²) in [5, 5.41) is 0. The Balaban J connectivity index is 1.50. The monoisotopic (exact) mass is 466 g/mol. The summed E-state index contributed by atoms with van der Waals surface area (Å²) in [6.45, 7) is 11.2. The lowest BCUT2D eigenvalue weighted by atomic mass is 9.85. The molecule has 5 heteroatoms. The van der Waals surface area contributed by atoms with E-state index in [1.54, 1.807) is 18.4 Å². The standard InChI is InChI=1S/C28H34O4S/c1-19(2)27(25-12-13-26(33-25)28(4)31-14-15-32-28)22-9-6-20(3)23(16-22)18-30-17-21-7-10-24(29-5)11-8-21/h6-13,16,19,27H,14-15,17-18H2,1-5H3. The normalized spacial score (nSPS) is 16.3. The predicted octanol–water partition coefficient (Wildman–Crippen LogP) is 6.79. The molecule has 2 aromatic carbocycles. The summed E-state index contributed by atoms with van der Waals surface area (Å²) in [7, 11) is 1.68. The molecule has 33 heavy (non-hydrogen) atoms. The van der Waals surface area contributed by atoms with Crippen LogP contribution in [0.4, 0.5) is 0 Å². The molecule has 1 aromatic heterocycles. The Morgan fingerprint density at radius 1 is 0.970 bits per heavy atom. The minimum atomic E-state index is -0.613. The summed E-state index contributed by atoms with van der Waals surface area (Å²) < 4.78 is 23.1. The van der Waals surface area contributed by atoms with E-state index in [1.807, 2.05) is 31.2 Å². The first-order chi connectivity index (χ1) is 15.9. The van der Waals surface area contributed by atoms with Crippen LogP contribution >= 0.6 is 11.3 Å². The number of aryl methyl sites for hydroxylation is 1. The van der Waals surface area contributed by atoms with Crippen molar-refractivity contribution in [1.29, 1.82) is 0 Å². The van der Waals surface area contributed by atoms with Gasteiger partial charge in [-0.25, -0.2) is 0 Å². The topological polar surface area (TPSA) is 36.9 Å². The van der Waals surface area contributed by atoms with Crippen molar-refractivity contribution < 1.29 is 18.9 Å². The maximum absolute atomic E-state index is 6.07. The minimum absolute atomic E-state index is 0.315. The summed E-state index contributed by atoms with van der Waals surface area (Å²) in [6, 6.07) is 19.2. The highest BCUT2D eigenvalue weighted by Crippen LogP contribution is 2.42. The van der Waals surface area contributed by atoms with E-state index in [1.165, 1.54) is 21.6 Å². The minimum Gasteiger partial charge on any atom is -0.497 e. The van der Waals surface area contributed by atoms with Gasteiger partial charge < -0.3 is 18.9 Å². The molecule has 0 spiro atoms. The molecule has 0 saturated carbocycles. The van der Waals surface area contributed by atoms with Gasteiger partial charge in [0.2, 0.25) is 5.79 Å². The number of hydrogen-bond donors (Lipinski definition) is 0. The second-order valence-corrected chi connectivity index (χ2v) is 10.2. The zero-order valence-electron chi connectivity index (χ0n) is 20.2. The summed E-state index contributed by atoms with van der Waals surface area (Å²) in [4.78, 5) is 2.48. The Bertz CT molecular complexity index is 1050. The number of methoxy groups -OCH3 is 1. The third-order valence-electron chi connectivity index (χ3n) is 6.30. The van der Waals surface area contributed by atoms with Crippen LogP contribution in [0.2, 0.25) is 0 Å². The van der Waals surface area contributed by atoms with Crippen LogP contribution in [0.3, 0.4) is 0 Å². The molecule has 3 aromatic rings. The van der Waals surface area contributed by atoms with Crippen LogP contribution in [-0.2, 0) is 33.2 Å². The molecule has 1 saturated heterocycles. The Morgan fingerprint density at radius 2 is 1.70 bits per heavy atom. The second-order valence-electron chi connectivity index (χ2n) is 9.09. The molecule has 0 aliphatic carbocycles. The third kappa shape index (κ3) is 5.49. The molecule has 176 valence electrons. The fraction of sp³-hybridized carbons (Fsp3) is 0.429. The Labute approximate surface area is 201 Å². The third-order valence-corrected chi connectivity index (χ3v) is 7.66. The smallest absolute Gasteiger partial charge is 0.201 e. The van der Waals surface area contributed by atoms with E-state index in [9.17, 15) is 0 Å². The van der Waals surface area contributed by atoms with Crippen LogP contribution < -0.4 is 4.74 Å². The van der Waals surface area contributed by atoms with Crippen molar-refractivity contribution in [2.24, 2.45) is 5.92 Å². The Morgan fingerprint density at radius 3 is 2.36 bits per heavy atom. The van der Waals surface area contributed by atoms with Gasteiger partial charge in [-0.05, 0) is 66.3 Å². The SMILES string of the molecule is COc1ccc(COCc2cc(C(c3ccc(C4(C)OCCO4)s3)C(C)C)ccc2C)cc1. The molecule has 0 bridgehead atoms. The molecule has 1 unspecified atom stereocenters. The van der Waals surface area contributed by atoms with Crippen LogP contribution in [0, 0.1) is 12.8 Å². The molecule has 2 heterocycles. The number of ether oxygens (including phenoxy) is 4. The van der Waals surface area contributed by atoms with Crippen LogP contribution in [0.1, 0.15) is 58.7 Å². The van der Waals surface area contributed by atoms with Gasteiger partial charge in [0.05, 0.1) is 38.4 Å². The Hall–Kier alpha value is -2.18. The molecule has 4 rings (SSSR count). The van der Waals surface area contributed by atoms with E-state index in [0.29, 0.717) is 38.3 Å². The fourth-order valence-corrected chi connectivity index (χ4v) is 5.70. The first kappa shape index (κ1) is 24.0. The van der Waals surface area contributed by atoms with Crippen molar-refractivity contribution in [2.45, 2.75) is 52.6 Å². The fourth-order valence-electron chi connectivity index (χ4n) is 4.34. The zero-order chi connectivity index (χ0) is 23.4.